The van der Waals surface area contributed by atoms with Gasteiger partial charge in [-0.25, -0.2) is 9.13 Å². The maximum absolute atomic E-state index is 2.29. The topological polar surface area (TPSA) is 8.81 Å². The van der Waals surface area contributed by atoms with Crippen molar-refractivity contribution in [2.24, 2.45) is 0 Å². The Hall–Kier alpha value is -2.06. The van der Waals surface area contributed by atoms with Crippen molar-refractivity contribution in [2.45, 2.75) is 20.0 Å². The summed E-state index contributed by atoms with van der Waals surface area (Å²) >= 11 is 0. The smallest absolute Gasteiger partial charge is 0.244 e. The van der Waals surface area contributed by atoms with Crippen LogP contribution in [-0.2, 0) is 13.1 Å². The third kappa shape index (κ3) is 3.96. The minimum atomic E-state index is 0. The van der Waals surface area contributed by atoms with E-state index in [9.17, 15) is 0 Å². The van der Waals surface area contributed by atoms with Gasteiger partial charge in [0.15, 0.2) is 0 Å². The first kappa shape index (κ1) is 15.3. The van der Waals surface area contributed by atoms with Gasteiger partial charge in [-0.3, -0.25) is 0 Å². The third-order valence-electron chi connectivity index (χ3n) is 3.50. The molecule has 0 unspecified atom stereocenters. The second-order valence-corrected chi connectivity index (χ2v) is 5.16. The number of aromatic nitrogens is 2. The first-order chi connectivity index (χ1) is 9.81. The minimum absolute atomic E-state index is 0. The van der Waals surface area contributed by atoms with Crippen LogP contribution in [0.4, 0.5) is 0 Å². The van der Waals surface area contributed by atoms with E-state index in [0.29, 0.717) is 0 Å². The lowest BCUT2D eigenvalue weighted by Crippen LogP contribution is -3.00. The summed E-state index contributed by atoms with van der Waals surface area (Å²) in [7, 11) is 0. The van der Waals surface area contributed by atoms with Crippen molar-refractivity contribution in [1.82, 2.24) is 4.57 Å². The van der Waals surface area contributed by atoms with Gasteiger partial charge in [0, 0.05) is 6.92 Å². The number of hydrogen-bond donors (Lipinski definition) is 0. The monoisotopic (exact) mass is 298 g/mol. The van der Waals surface area contributed by atoms with Gasteiger partial charge in [-0.05, 0) is 11.1 Å². The normalized spacial score (nSPS) is 10.1. The first-order valence-corrected chi connectivity index (χ1v) is 6.95. The van der Waals surface area contributed by atoms with Crippen LogP contribution < -0.4 is 17.0 Å². The van der Waals surface area contributed by atoms with Gasteiger partial charge in [0.1, 0.15) is 25.0 Å². The van der Waals surface area contributed by atoms with Gasteiger partial charge in [0.25, 0.3) is 0 Å². The van der Waals surface area contributed by atoms with Crippen LogP contribution in [0.25, 0.3) is 0 Å². The molecule has 0 N–H and O–H groups in total. The summed E-state index contributed by atoms with van der Waals surface area (Å²) in [5.41, 5.74) is 3.94. The summed E-state index contributed by atoms with van der Waals surface area (Å²) in [5, 5.41) is 0. The minimum Gasteiger partial charge on any atom is -1.00 e. The number of benzene rings is 2. The van der Waals surface area contributed by atoms with Gasteiger partial charge < -0.3 is 12.4 Å². The van der Waals surface area contributed by atoms with Crippen LogP contribution in [-0.4, -0.2) is 4.57 Å². The molecule has 0 radical (unpaired) electrons. The molecule has 108 valence electrons. The standard InChI is InChI=1S/C18H19N2.ClH/c1-16-12-19(13-17-8-4-2-5-9-17)15-20(16)14-18-10-6-3-7-11-18;/h2-12,15H,13-14H2,1H3;1H/q+1;/p-1. The Morgan fingerprint density at radius 1 is 0.857 bits per heavy atom. The van der Waals surface area contributed by atoms with Crippen LogP contribution in [0.2, 0.25) is 0 Å². The van der Waals surface area contributed by atoms with Gasteiger partial charge in [-0.15, -0.1) is 0 Å². The molecule has 0 atom stereocenters. The lowest BCUT2D eigenvalue weighted by molar-refractivity contribution is -0.688. The predicted molar refractivity (Wildman–Crippen MR) is 80.5 cm³/mol. The van der Waals surface area contributed by atoms with E-state index >= 15 is 0 Å². The molecule has 0 spiro atoms. The second-order valence-electron chi connectivity index (χ2n) is 5.16. The summed E-state index contributed by atoms with van der Waals surface area (Å²) in [5.74, 6) is 0. The molecule has 0 saturated heterocycles. The average molecular weight is 299 g/mol. The fourth-order valence-corrected chi connectivity index (χ4v) is 2.44. The highest BCUT2D eigenvalue weighted by atomic mass is 35.5. The SMILES string of the molecule is Cc1c[n+](Cc2ccccc2)cn1Cc1ccccc1.[Cl-]. The van der Waals surface area contributed by atoms with Crippen molar-refractivity contribution in [3.63, 3.8) is 0 Å². The number of imidazole rings is 1. The van der Waals surface area contributed by atoms with Crippen LogP contribution in [0, 0.1) is 6.92 Å². The molecule has 0 bridgehead atoms. The third-order valence-corrected chi connectivity index (χ3v) is 3.50. The molecule has 0 amide bonds. The largest absolute Gasteiger partial charge is 1.00 e. The molecule has 0 aliphatic carbocycles. The lowest BCUT2D eigenvalue weighted by atomic mass is 10.2. The van der Waals surface area contributed by atoms with Crippen LogP contribution >= 0.6 is 0 Å². The van der Waals surface area contributed by atoms with Crippen molar-refractivity contribution >= 4 is 0 Å². The van der Waals surface area contributed by atoms with Gasteiger partial charge >= 0.3 is 0 Å². The zero-order chi connectivity index (χ0) is 13.8. The van der Waals surface area contributed by atoms with Crippen molar-refractivity contribution in [2.75, 3.05) is 0 Å². The fraction of sp³-hybridized carbons (Fsp3) is 0.167. The van der Waals surface area contributed by atoms with Crippen molar-refractivity contribution in [1.29, 1.82) is 0 Å². The molecule has 2 nitrogen and oxygen atoms in total. The predicted octanol–water partition coefficient (Wildman–Crippen LogP) is 0.185. The first-order valence-electron chi connectivity index (χ1n) is 6.95. The zero-order valence-corrected chi connectivity index (χ0v) is 12.9. The molecule has 3 heteroatoms. The molecule has 0 saturated carbocycles. The molecule has 21 heavy (non-hydrogen) atoms. The molecule has 1 heterocycles. The van der Waals surface area contributed by atoms with E-state index in [1.807, 2.05) is 0 Å². The summed E-state index contributed by atoms with van der Waals surface area (Å²) in [6.07, 6.45) is 4.39. The molecule has 0 aliphatic heterocycles. The Labute approximate surface area is 132 Å². The van der Waals surface area contributed by atoms with E-state index in [4.69, 9.17) is 0 Å². The van der Waals surface area contributed by atoms with Gasteiger partial charge in [-0.2, -0.15) is 0 Å². The number of nitrogens with zero attached hydrogens (tertiary/aromatic N) is 2. The number of halogens is 1. The maximum atomic E-state index is 2.29. The van der Waals surface area contributed by atoms with E-state index in [1.54, 1.807) is 0 Å². The number of aryl methyl sites for hydroxylation is 1. The molecular weight excluding hydrogens is 280 g/mol. The van der Waals surface area contributed by atoms with Crippen LogP contribution in [0.1, 0.15) is 16.8 Å². The molecule has 1 aromatic heterocycles. The summed E-state index contributed by atoms with van der Waals surface area (Å²) in [4.78, 5) is 0. The fourth-order valence-electron chi connectivity index (χ4n) is 2.44. The van der Waals surface area contributed by atoms with Crippen molar-refractivity contribution in [3.8, 4) is 0 Å². The highest BCUT2D eigenvalue weighted by Gasteiger charge is 2.10. The van der Waals surface area contributed by atoms with E-state index in [-0.39, 0.29) is 12.4 Å². The molecule has 3 rings (SSSR count). The summed E-state index contributed by atoms with van der Waals surface area (Å²) in [6.45, 7) is 4.00. The van der Waals surface area contributed by atoms with Crippen molar-refractivity contribution < 1.29 is 17.0 Å². The Balaban J connectivity index is 0.00000161. The second kappa shape index (κ2) is 7.09. The average Bonchev–Trinajstić information content (AvgIpc) is 2.81. The maximum Gasteiger partial charge on any atom is 0.244 e. The number of hydrogen-bond acceptors (Lipinski definition) is 0. The molecular formula is C18H19ClN2. The Kier molecular flexibility index (Phi) is 5.18. The van der Waals surface area contributed by atoms with Crippen LogP contribution in [0.15, 0.2) is 73.2 Å². The molecule has 3 aromatic rings. The summed E-state index contributed by atoms with van der Waals surface area (Å²) in [6, 6.07) is 21.1. The van der Waals surface area contributed by atoms with E-state index < -0.39 is 0 Å². The zero-order valence-electron chi connectivity index (χ0n) is 12.1. The Morgan fingerprint density at radius 3 is 2.05 bits per heavy atom. The van der Waals surface area contributed by atoms with E-state index in [0.717, 1.165) is 13.1 Å². The van der Waals surface area contributed by atoms with Gasteiger partial charge in [0.2, 0.25) is 6.33 Å². The van der Waals surface area contributed by atoms with Gasteiger partial charge in [-0.1, -0.05) is 60.7 Å². The molecule has 2 aromatic carbocycles. The van der Waals surface area contributed by atoms with Crippen LogP contribution in [0.5, 0.6) is 0 Å². The molecule has 0 fully saturated rings. The quantitative estimate of drug-likeness (QED) is 0.608. The number of rotatable bonds is 4. The highest BCUT2D eigenvalue weighted by molar-refractivity contribution is 5.16. The summed E-state index contributed by atoms with van der Waals surface area (Å²) < 4.78 is 4.53. The van der Waals surface area contributed by atoms with Crippen molar-refractivity contribution in [3.05, 3.63) is 90.0 Å². The molecule has 0 aliphatic rings. The highest BCUT2D eigenvalue weighted by Crippen LogP contribution is 2.05. The van der Waals surface area contributed by atoms with E-state index in [1.165, 1.54) is 16.8 Å². The Bertz CT molecular complexity index is 675. The Morgan fingerprint density at radius 2 is 1.43 bits per heavy atom. The van der Waals surface area contributed by atoms with Gasteiger partial charge in [0.05, 0.1) is 0 Å². The lowest BCUT2D eigenvalue weighted by Gasteiger charge is -1.99. The van der Waals surface area contributed by atoms with Crippen LogP contribution in [0.3, 0.4) is 0 Å². The van der Waals surface area contributed by atoms with E-state index in [2.05, 4.69) is 89.2 Å².